The summed E-state index contributed by atoms with van der Waals surface area (Å²) in [7, 11) is 0. The van der Waals surface area contributed by atoms with Crippen LogP contribution in [0.25, 0.3) is 0 Å². The summed E-state index contributed by atoms with van der Waals surface area (Å²) in [6, 6.07) is 0. The molecule has 3 atom stereocenters. The van der Waals surface area contributed by atoms with Crippen molar-refractivity contribution in [2.24, 2.45) is 29.1 Å². The van der Waals surface area contributed by atoms with Crippen molar-refractivity contribution in [1.82, 2.24) is 0 Å². The molecule has 0 aliphatic heterocycles. The number of ether oxygens (including phenoxy) is 2. The molecule has 0 aromatic rings. The van der Waals surface area contributed by atoms with Gasteiger partial charge < -0.3 is 9.47 Å². The summed E-state index contributed by atoms with van der Waals surface area (Å²) in [5, 5.41) is 0. The zero-order chi connectivity index (χ0) is 23.1. The number of allylic oxidation sites excluding steroid dienone is 3. The maximum absolute atomic E-state index is 6.30. The molecule has 0 aromatic carbocycles. The lowest BCUT2D eigenvalue weighted by molar-refractivity contribution is -0.0853. The van der Waals surface area contributed by atoms with Gasteiger partial charge in [0.15, 0.2) is 0 Å². The normalized spacial score (nSPS) is 26.2. The summed E-state index contributed by atoms with van der Waals surface area (Å²) in [4.78, 5) is 0. The van der Waals surface area contributed by atoms with Gasteiger partial charge in [-0.2, -0.15) is 0 Å². The average Bonchev–Trinajstić information content (AvgIpc) is 3.45. The van der Waals surface area contributed by atoms with Crippen LogP contribution in [0.3, 0.4) is 0 Å². The van der Waals surface area contributed by atoms with Crippen molar-refractivity contribution in [3.05, 3.63) is 24.0 Å². The van der Waals surface area contributed by atoms with Crippen molar-refractivity contribution < 1.29 is 9.47 Å². The van der Waals surface area contributed by atoms with Crippen LogP contribution in [-0.4, -0.2) is 18.8 Å². The Morgan fingerprint density at radius 3 is 2.32 bits per heavy atom. The molecular weight excluding hydrogens is 380 g/mol. The second kappa shape index (κ2) is 11.9. The van der Waals surface area contributed by atoms with Crippen LogP contribution in [0.2, 0.25) is 0 Å². The van der Waals surface area contributed by atoms with E-state index in [0.717, 1.165) is 48.7 Å². The Balaban J connectivity index is 1.75. The van der Waals surface area contributed by atoms with E-state index >= 15 is 0 Å². The second-order valence-electron chi connectivity index (χ2n) is 11.4. The Hall–Kier alpha value is -0.760. The van der Waals surface area contributed by atoms with Gasteiger partial charge in [0.1, 0.15) is 6.61 Å². The lowest BCUT2D eigenvalue weighted by Crippen LogP contribution is -2.35. The minimum Gasteiger partial charge on any atom is -0.496 e. The minimum absolute atomic E-state index is 0.111. The Labute approximate surface area is 194 Å². The largest absolute Gasteiger partial charge is 0.496 e. The fraction of sp³-hybridized carbons (Fsp3) is 0.862. The summed E-state index contributed by atoms with van der Waals surface area (Å²) in [6.07, 6.45) is 14.5. The third kappa shape index (κ3) is 7.65. The molecular formula is C29H52O2. The Kier molecular flexibility index (Phi) is 10.2. The van der Waals surface area contributed by atoms with E-state index in [4.69, 9.17) is 9.47 Å². The molecule has 2 fully saturated rings. The van der Waals surface area contributed by atoms with Crippen LogP contribution in [-0.2, 0) is 9.47 Å². The van der Waals surface area contributed by atoms with Gasteiger partial charge in [-0.25, -0.2) is 0 Å². The van der Waals surface area contributed by atoms with Crippen molar-refractivity contribution in [1.29, 1.82) is 0 Å². The molecule has 31 heavy (non-hydrogen) atoms. The van der Waals surface area contributed by atoms with Gasteiger partial charge in [0.25, 0.3) is 0 Å². The van der Waals surface area contributed by atoms with Crippen LogP contribution >= 0.6 is 0 Å². The molecule has 0 aromatic heterocycles. The average molecular weight is 433 g/mol. The summed E-state index contributed by atoms with van der Waals surface area (Å²) in [5.74, 6) is 4.15. The van der Waals surface area contributed by atoms with Crippen molar-refractivity contribution in [2.45, 2.75) is 118 Å². The molecule has 0 saturated heterocycles. The van der Waals surface area contributed by atoms with Crippen molar-refractivity contribution in [3.8, 4) is 0 Å². The monoisotopic (exact) mass is 432 g/mol. The second-order valence-corrected chi connectivity index (χ2v) is 11.4. The SMILES string of the molecule is C=C(CCC(=CC)C1C(CC(C)(C)CC)C1C(C)C)OCCOC1(CC)CCCCC1. The molecule has 0 N–H and O–H groups in total. The van der Waals surface area contributed by atoms with E-state index in [9.17, 15) is 0 Å². The molecule has 0 spiro atoms. The third-order valence-corrected chi connectivity index (χ3v) is 8.44. The Morgan fingerprint density at radius 1 is 1.10 bits per heavy atom. The minimum atomic E-state index is 0.111. The van der Waals surface area contributed by atoms with E-state index in [0.29, 0.717) is 18.6 Å². The predicted molar refractivity (Wildman–Crippen MR) is 134 cm³/mol. The lowest BCUT2D eigenvalue weighted by atomic mass is 9.83. The quantitative estimate of drug-likeness (QED) is 0.155. The van der Waals surface area contributed by atoms with Crippen molar-refractivity contribution in [3.63, 3.8) is 0 Å². The standard InChI is InChI=1S/C29H52O2/c1-9-24(27-25(26(27)22(4)5)21-28(7,8)10-2)16-15-23(6)30-19-20-31-29(11-3)17-13-12-14-18-29/h9,22,25-27H,6,10-21H2,1-5,7-8H3. The molecule has 2 rings (SSSR count). The first-order chi connectivity index (χ1) is 14.7. The third-order valence-electron chi connectivity index (χ3n) is 8.44. The summed E-state index contributed by atoms with van der Waals surface area (Å²) >= 11 is 0. The first-order valence-electron chi connectivity index (χ1n) is 13.3. The van der Waals surface area contributed by atoms with Gasteiger partial charge in [-0.3, -0.25) is 0 Å². The van der Waals surface area contributed by atoms with E-state index in [-0.39, 0.29) is 5.60 Å². The van der Waals surface area contributed by atoms with Gasteiger partial charge in [-0.15, -0.1) is 0 Å². The van der Waals surface area contributed by atoms with Crippen LogP contribution in [0.4, 0.5) is 0 Å². The summed E-state index contributed by atoms with van der Waals surface area (Å²) < 4.78 is 12.3. The molecule has 0 heterocycles. The molecule has 2 aliphatic carbocycles. The summed E-state index contributed by atoms with van der Waals surface area (Å²) in [5.41, 5.74) is 2.19. The first-order valence-corrected chi connectivity index (χ1v) is 13.3. The Morgan fingerprint density at radius 2 is 1.77 bits per heavy atom. The van der Waals surface area contributed by atoms with Crippen molar-refractivity contribution in [2.75, 3.05) is 13.2 Å². The lowest BCUT2D eigenvalue weighted by Gasteiger charge is -2.36. The van der Waals surface area contributed by atoms with E-state index in [1.165, 1.54) is 44.9 Å². The molecule has 2 heteroatoms. The molecule has 3 unspecified atom stereocenters. The molecule has 0 bridgehead atoms. The molecule has 180 valence electrons. The molecule has 0 amide bonds. The van der Waals surface area contributed by atoms with E-state index in [2.05, 4.69) is 61.1 Å². The van der Waals surface area contributed by atoms with Gasteiger partial charge in [-0.05, 0) is 68.1 Å². The van der Waals surface area contributed by atoms with Gasteiger partial charge in [0, 0.05) is 6.42 Å². The zero-order valence-electron chi connectivity index (χ0n) is 21.9. The number of rotatable bonds is 14. The number of hydrogen-bond donors (Lipinski definition) is 0. The van der Waals surface area contributed by atoms with Crippen LogP contribution in [0.15, 0.2) is 24.0 Å². The first kappa shape index (κ1) is 26.5. The summed E-state index contributed by atoms with van der Waals surface area (Å²) in [6.45, 7) is 22.0. The Bertz CT molecular complexity index is 580. The topological polar surface area (TPSA) is 18.5 Å². The highest BCUT2D eigenvalue weighted by Gasteiger charge is 2.53. The van der Waals surface area contributed by atoms with Crippen molar-refractivity contribution >= 4 is 0 Å². The van der Waals surface area contributed by atoms with Crippen LogP contribution in [0, 0.1) is 29.1 Å². The highest BCUT2D eigenvalue weighted by Crippen LogP contribution is 2.60. The van der Waals surface area contributed by atoms with E-state index < -0.39 is 0 Å². The molecule has 0 radical (unpaired) electrons. The maximum atomic E-state index is 6.30. The smallest absolute Gasteiger partial charge is 0.111 e. The fourth-order valence-corrected chi connectivity index (χ4v) is 5.98. The van der Waals surface area contributed by atoms with Gasteiger partial charge in [0.2, 0.25) is 0 Å². The van der Waals surface area contributed by atoms with Crippen LogP contribution in [0.1, 0.15) is 113 Å². The van der Waals surface area contributed by atoms with Gasteiger partial charge in [-0.1, -0.05) is 85.5 Å². The zero-order valence-corrected chi connectivity index (χ0v) is 21.9. The highest BCUT2D eigenvalue weighted by molar-refractivity contribution is 5.21. The van der Waals surface area contributed by atoms with E-state index in [1.807, 2.05) is 0 Å². The van der Waals surface area contributed by atoms with E-state index in [1.54, 1.807) is 5.57 Å². The molecule has 2 saturated carbocycles. The number of hydrogen-bond acceptors (Lipinski definition) is 2. The highest BCUT2D eigenvalue weighted by atomic mass is 16.5. The molecule has 2 nitrogen and oxygen atoms in total. The fourth-order valence-electron chi connectivity index (χ4n) is 5.98. The van der Waals surface area contributed by atoms with Crippen LogP contribution < -0.4 is 0 Å². The maximum Gasteiger partial charge on any atom is 0.111 e. The van der Waals surface area contributed by atoms with Gasteiger partial charge in [0.05, 0.1) is 18.0 Å². The van der Waals surface area contributed by atoms with Gasteiger partial charge >= 0.3 is 0 Å². The molecule has 2 aliphatic rings. The predicted octanol–water partition coefficient (Wildman–Crippen LogP) is 8.72. The van der Waals surface area contributed by atoms with Crippen LogP contribution in [0.5, 0.6) is 0 Å².